The van der Waals surface area contributed by atoms with Gasteiger partial charge in [0, 0.05) is 37.5 Å². The number of ether oxygens (including phenoxy) is 1. The van der Waals surface area contributed by atoms with Gasteiger partial charge in [-0.15, -0.1) is 0 Å². The normalized spacial score (nSPS) is 14.6. The van der Waals surface area contributed by atoms with Crippen LogP contribution in [0.4, 0.5) is 0 Å². The number of amides is 2. The molecule has 148 valence electrons. The van der Waals surface area contributed by atoms with Gasteiger partial charge in [-0.2, -0.15) is 0 Å². The first-order valence-electron chi connectivity index (χ1n) is 9.40. The predicted molar refractivity (Wildman–Crippen MR) is 101 cm³/mol. The average molecular weight is 376 g/mol. The molecule has 2 N–H and O–H groups in total. The molecule has 1 fully saturated rings. The highest BCUT2D eigenvalue weighted by Gasteiger charge is 2.24. The number of piperidine rings is 1. The summed E-state index contributed by atoms with van der Waals surface area (Å²) < 4.78 is 5.30. The second-order valence-electron chi connectivity index (χ2n) is 6.81. The lowest BCUT2D eigenvalue weighted by Gasteiger charge is -2.32. The number of carboxylic acids is 1. The molecule has 2 amide bonds. The smallest absolute Gasteiger partial charge is 0.303 e. The molecule has 0 spiro atoms. The van der Waals surface area contributed by atoms with Crippen LogP contribution in [0.15, 0.2) is 24.3 Å². The van der Waals surface area contributed by atoms with E-state index in [1.807, 2.05) is 29.2 Å². The minimum atomic E-state index is -0.833. The molecule has 0 radical (unpaired) electrons. The lowest BCUT2D eigenvalue weighted by atomic mass is 10.0. The van der Waals surface area contributed by atoms with Crippen LogP contribution in [0.2, 0.25) is 0 Å². The Balaban J connectivity index is 1.70. The van der Waals surface area contributed by atoms with Crippen molar-refractivity contribution in [1.29, 1.82) is 0 Å². The molecule has 0 unspecified atom stereocenters. The summed E-state index contributed by atoms with van der Waals surface area (Å²) in [6, 6.07) is 7.59. The topological polar surface area (TPSA) is 95.9 Å². The van der Waals surface area contributed by atoms with E-state index in [0.29, 0.717) is 38.8 Å². The number of methoxy groups -OCH3 is 1. The molecule has 1 aliphatic heterocycles. The molecular weight excluding hydrogens is 348 g/mol. The lowest BCUT2D eigenvalue weighted by molar-refractivity contribution is -0.137. The number of hydrogen-bond acceptors (Lipinski definition) is 4. The molecule has 1 aliphatic rings. The first-order chi connectivity index (χ1) is 13.0. The van der Waals surface area contributed by atoms with Gasteiger partial charge >= 0.3 is 5.97 Å². The van der Waals surface area contributed by atoms with Gasteiger partial charge in [-0.3, -0.25) is 14.4 Å². The number of nitrogens with zero attached hydrogens (tertiary/aromatic N) is 1. The number of aliphatic carboxylic acids is 1. The van der Waals surface area contributed by atoms with Crippen LogP contribution in [0.25, 0.3) is 0 Å². The summed E-state index contributed by atoms with van der Waals surface area (Å²) in [5.74, 6) is -0.0893. The molecule has 27 heavy (non-hydrogen) atoms. The van der Waals surface area contributed by atoms with E-state index in [1.165, 1.54) is 0 Å². The van der Waals surface area contributed by atoms with Crippen molar-refractivity contribution in [2.45, 2.75) is 51.0 Å². The molecule has 1 saturated heterocycles. The van der Waals surface area contributed by atoms with Crippen LogP contribution in [0, 0.1) is 0 Å². The number of para-hydroxylation sites is 1. The first kappa shape index (κ1) is 20.7. The van der Waals surface area contributed by atoms with Crippen LogP contribution in [0.5, 0.6) is 5.75 Å². The number of rotatable bonds is 9. The Kier molecular flexibility index (Phi) is 8.10. The third-order valence-corrected chi connectivity index (χ3v) is 4.79. The minimum Gasteiger partial charge on any atom is -0.496 e. The van der Waals surface area contributed by atoms with Crippen molar-refractivity contribution in [2.75, 3.05) is 20.2 Å². The van der Waals surface area contributed by atoms with E-state index in [4.69, 9.17) is 9.84 Å². The van der Waals surface area contributed by atoms with Gasteiger partial charge in [0.05, 0.1) is 13.5 Å². The number of unbranched alkanes of at least 4 members (excludes halogenated alkanes) is 1. The summed E-state index contributed by atoms with van der Waals surface area (Å²) in [6.45, 7) is 1.25. The number of carboxylic acid groups (broad SMARTS) is 1. The summed E-state index contributed by atoms with van der Waals surface area (Å²) in [4.78, 5) is 36.8. The summed E-state index contributed by atoms with van der Waals surface area (Å²) in [5.41, 5.74) is 0.877. The summed E-state index contributed by atoms with van der Waals surface area (Å²) >= 11 is 0. The third-order valence-electron chi connectivity index (χ3n) is 4.79. The van der Waals surface area contributed by atoms with Crippen LogP contribution < -0.4 is 10.1 Å². The van der Waals surface area contributed by atoms with Gasteiger partial charge < -0.3 is 20.1 Å². The maximum atomic E-state index is 12.5. The van der Waals surface area contributed by atoms with Crippen molar-refractivity contribution < 1.29 is 24.2 Å². The van der Waals surface area contributed by atoms with E-state index in [-0.39, 0.29) is 24.3 Å². The molecule has 1 heterocycles. The Hall–Kier alpha value is -2.57. The second-order valence-corrected chi connectivity index (χ2v) is 6.81. The van der Waals surface area contributed by atoms with E-state index in [9.17, 15) is 14.4 Å². The zero-order valence-electron chi connectivity index (χ0n) is 15.8. The van der Waals surface area contributed by atoms with E-state index < -0.39 is 5.97 Å². The first-order valence-corrected chi connectivity index (χ1v) is 9.40. The molecule has 0 atom stereocenters. The Morgan fingerprint density at radius 2 is 1.81 bits per heavy atom. The van der Waals surface area contributed by atoms with Crippen molar-refractivity contribution in [1.82, 2.24) is 10.2 Å². The van der Waals surface area contributed by atoms with Crippen LogP contribution in [0.1, 0.15) is 44.1 Å². The summed E-state index contributed by atoms with van der Waals surface area (Å²) in [5, 5.41) is 11.6. The molecule has 7 heteroatoms. The highest BCUT2D eigenvalue weighted by atomic mass is 16.5. The second kappa shape index (κ2) is 10.5. The lowest BCUT2D eigenvalue weighted by Crippen LogP contribution is -2.46. The fraction of sp³-hybridized carbons (Fsp3) is 0.550. The molecule has 0 saturated carbocycles. The third kappa shape index (κ3) is 6.92. The van der Waals surface area contributed by atoms with Gasteiger partial charge in [-0.25, -0.2) is 0 Å². The predicted octanol–water partition coefficient (Wildman–Crippen LogP) is 1.99. The Morgan fingerprint density at radius 3 is 2.48 bits per heavy atom. The van der Waals surface area contributed by atoms with E-state index in [2.05, 4.69) is 5.32 Å². The molecule has 0 aliphatic carbocycles. The van der Waals surface area contributed by atoms with Gasteiger partial charge in [-0.1, -0.05) is 18.2 Å². The quantitative estimate of drug-likeness (QED) is 0.643. The SMILES string of the molecule is COc1ccccc1CC(=O)N1CCC(NC(=O)CCCCC(=O)O)CC1. The van der Waals surface area contributed by atoms with Crippen LogP contribution >= 0.6 is 0 Å². The minimum absolute atomic E-state index is 0.0424. The van der Waals surface area contributed by atoms with Crippen LogP contribution in [-0.2, 0) is 20.8 Å². The molecule has 0 aromatic heterocycles. The summed E-state index contributed by atoms with van der Waals surface area (Å²) in [7, 11) is 1.60. The molecule has 2 rings (SSSR count). The maximum Gasteiger partial charge on any atom is 0.303 e. The Bertz CT molecular complexity index is 654. The molecule has 7 nitrogen and oxygen atoms in total. The number of likely N-dealkylation sites (tertiary alicyclic amines) is 1. The van der Waals surface area contributed by atoms with E-state index in [0.717, 1.165) is 24.2 Å². The monoisotopic (exact) mass is 376 g/mol. The maximum absolute atomic E-state index is 12.5. The zero-order chi connectivity index (χ0) is 19.6. The van der Waals surface area contributed by atoms with Crippen molar-refractivity contribution >= 4 is 17.8 Å². The molecular formula is C20H28N2O5. The summed E-state index contributed by atoms with van der Waals surface area (Å²) in [6.07, 6.45) is 3.31. The van der Waals surface area contributed by atoms with Crippen molar-refractivity contribution in [3.63, 3.8) is 0 Å². The van der Waals surface area contributed by atoms with Crippen LogP contribution in [-0.4, -0.2) is 54.0 Å². The fourth-order valence-electron chi connectivity index (χ4n) is 3.26. The van der Waals surface area contributed by atoms with Gasteiger partial charge in [0.2, 0.25) is 11.8 Å². The van der Waals surface area contributed by atoms with Gasteiger partial charge in [0.25, 0.3) is 0 Å². The highest BCUT2D eigenvalue weighted by Crippen LogP contribution is 2.20. The van der Waals surface area contributed by atoms with Crippen molar-refractivity contribution in [3.05, 3.63) is 29.8 Å². The largest absolute Gasteiger partial charge is 0.496 e. The van der Waals surface area contributed by atoms with Crippen molar-refractivity contribution in [2.24, 2.45) is 0 Å². The molecule has 0 bridgehead atoms. The number of nitrogens with one attached hydrogen (secondary N) is 1. The molecule has 1 aromatic rings. The average Bonchev–Trinajstić information content (AvgIpc) is 2.66. The zero-order valence-corrected chi connectivity index (χ0v) is 15.8. The highest BCUT2D eigenvalue weighted by molar-refractivity contribution is 5.80. The van der Waals surface area contributed by atoms with Gasteiger partial charge in [-0.05, 0) is 31.7 Å². The van der Waals surface area contributed by atoms with Gasteiger partial charge in [0.15, 0.2) is 0 Å². The van der Waals surface area contributed by atoms with Gasteiger partial charge in [0.1, 0.15) is 5.75 Å². The number of hydrogen-bond donors (Lipinski definition) is 2. The standard InChI is InChI=1S/C20H28N2O5/c1-27-17-7-3-2-6-15(17)14-19(24)22-12-10-16(11-13-22)21-18(23)8-4-5-9-20(25)26/h2-3,6-7,16H,4-5,8-14H2,1H3,(H,21,23)(H,25,26). The van der Waals surface area contributed by atoms with Crippen LogP contribution in [0.3, 0.4) is 0 Å². The van der Waals surface area contributed by atoms with Crippen molar-refractivity contribution in [3.8, 4) is 5.75 Å². The van der Waals surface area contributed by atoms with E-state index in [1.54, 1.807) is 7.11 Å². The number of benzene rings is 1. The number of carbonyl (C=O) groups excluding carboxylic acids is 2. The Morgan fingerprint density at radius 1 is 1.15 bits per heavy atom. The van der Waals surface area contributed by atoms with E-state index >= 15 is 0 Å². The Labute approximate surface area is 159 Å². The number of carbonyl (C=O) groups is 3. The fourth-order valence-corrected chi connectivity index (χ4v) is 3.26. The molecule has 1 aromatic carbocycles.